The molecule has 172 valence electrons. The largest absolute Gasteiger partial charge is 0.478 e. The number of allylic oxidation sites excluding steroid dienone is 1. The number of carboxylic acids is 1. The van der Waals surface area contributed by atoms with E-state index in [1.54, 1.807) is 17.5 Å². The van der Waals surface area contributed by atoms with E-state index in [0.29, 0.717) is 0 Å². The van der Waals surface area contributed by atoms with Gasteiger partial charge in [-0.2, -0.15) is 0 Å². The lowest BCUT2D eigenvalue weighted by atomic mass is 10.1. The maximum atomic E-state index is 10.7. The fraction of sp³-hybridized carbons (Fsp3) is 0.273. The van der Waals surface area contributed by atoms with Gasteiger partial charge in [0, 0.05) is 32.1 Å². The van der Waals surface area contributed by atoms with Crippen molar-refractivity contribution in [3.8, 4) is 10.6 Å². The first-order valence-electron chi connectivity index (χ1n) is 9.65. The van der Waals surface area contributed by atoms with Crippen LogP contribution in [0.2, 0.25) is 0 Å². The van der Waals surface area contributed by atoms with Gasteiger partial charge in [-0.25, -0.2) is 19.7 Å². The molecule has 7 nitrogen and oxygen atoms in total. The Labute approximate surface area is 204 Å². The first-order valence-corrected chi connectivity index (χ1v) is 10.5. The van der Waals surface area contributed by atoms with Gasteiger partial charge in [0.05, 0.1) is 10.6 Å². The number of hydrogen-bond acceptors (Lipinski definition) is 7. The lowest BCUT2D eigenvalue weighted by Crippen LogP contribution is -2.18. The summed E-state index contributed by atoms with van der Waals surface area (Å²) in [6, 6.07) is 9.76. The van der Waals surface area contributed by atoms with Gasteiger partial charge < -0.3 is 15.3 Å². The van der Waals surface area contributed by atoms with E-state index in [9.17, 15) is 4.79 Å². The number of thiazole rings is 1. The lowest BCUT2D eigenvalue weighted by molar-refractivity contribution is -0.131. The Hall–Kier alpha value is -2.68. The molecule has 0 aliphatic rings. The minimum atomic E-state index is -0.896. The molecule has 3 aromatic rings. The van der Waals surface area contributed by atoms with E-state index in [-0.39, 0.29) is 24.8 Å². The zero-order valence-electron chi connectivity index (χ0n) is 18.1. The summed E-state index contributed by atoms with van der Waals surface area (Å²) in [5.74, 6) is 0.596. The number of halogens is 2. The summed E-state index contributed by atoms with van der Waals surface area (Å²) in [6.07, 6.45) is 6.48. The molecule has 0 atom stereocenters. The second kappa shape index (κ2) is 13.0. The number of aliphatic carboxylic acids is 1. The van der Waals surface area contributed by atoms with Crippen molar-refractivity contribution >= 4 is 58.9 Å². The van der Waals surface area contributed by atoms with Crippen molar-refractivity contribution in [3.05, 3.63) is 59.9 Å². The molecule has 0 saturated carbocycles. The monoisotopic (exact) mass is 495 g/mol. The van der Waals surface area contributed by atoms with Gasteiger partial charge >= 0.3 is 5.97 Å². The van der Waals surface area contributed by atoms with E-state index >= 15 is 0 Å². The number of hydrogen-bond donors (Lipinski definition) is 2. The van der Waals surface area contributed by atoms with Crippen molar-refractivity contribution < 1.29 is 9.90 Å². The van der Waals surface area contributed by atoms with Crippen LogP contribution >= 0.6 is 36.2 Å². The number of carbonyl (C=O) groups is 1. The maximum Gasteiger partial charge on any atom is 0.328 e. The van der Waals surface area contributed by atoms with Gasteiger partial charge in [0.15, 0.2) is 5.13 Å². The average molecular weight is 496 g/mol. The lowest BCUT2D eigenvalue weighted by Gasteiger charge is -2.15. The molecule has 0 radical (unpaired) electrons. The van der Waals surface area contributed by atoms with Crippen LogP contribution in [0.15, 0.2) is 54.4 Å². The molecular weight excluding hydrogens is 469 g/mol. The quantitative estimate of drug-likeness (QED) is 0.365. The van der Waals surface area contributed by atoms with Crippen LogP contribution in [0.1, 0.15) is 25.3 Å². The molecular formula is C22H27Cl2N5O2S. The number of nitrogens with zero attached hydrogens (tertiary/aromatic N) is 4. The smallest absolute Gasteiger partial charge is 0.328 e. The molecule has 0 amide bonds. The average Bonchev–Trinajstić information content (AvgIpc) is 3.18. The molecule has 0 bridgehead atoms. The van der Waals surface area contributed by atoms with E-state index in [1.165, 1.54) is 6.08 Å². The van der Waals surface area contributed by atoms with E-state index in [2.05, 4.69) is 20.2 Å². The zero-order chi connectivity index (χ0) is 21.5. The number of nitrogens with one attached hydrogen (secondary N) is 1. The fourth-order valence-corrected chi connectivity index (χ4v) is 3.78. The van der Waals surface area contributed by atoms with Crippen LogP contribution in [0.5, 0.6) is 0 Å². The minimum Gasteiger partial charge on any atom is -0.478 e. The number of aromatic nitrogens is 3. The molecule has 0 fully saturated rings. The molecule has 3 rings (SSSR count). The van der Waals surface area contributed by atoms with Gasteiger partial charge in [-0.3, -0.25) is 0 Å². The highest BCUT2D eigenvalue weighted by molar-refractivity contribution is 7.18. The summed E-state index contributed by atoms with van der Waals surface area (Å²) in [5.41, 5.74) is 2.85. The SMILES string of the molecule is C/C(=C\C(=O)O)CCCN(C)c1ncc(-c2cccc(Nc3cc(C)ccn3)n2)s1.Cl.Cl. The molecule has 0 spiro atoms. The second-order valence-electron chi connectivity index (χ2n) is 7.11. The van der Waals surface area contributed by atoms with Gasteiger partial charge in [-0.05, 0) is 56.5 Å². The van der Waals surface area contributed by atoms with Crippen LogP contribution in [-0.4, -0.2) is 39.6 Å². The Morgan fingerprint density at radius 2 is 2.00 bits per heavy atom. The third-order valence-electron chi connectivity index (χ3n) is 4.43. The summed E-state index contributed by atoms with van der Waals surface area (Å²) in [7, 11) is 1.99. The van der Waals surface area contributed by atoms with Crippen molar-refractivity contribution in [2.75, 3.05) is 23.8 Å². The highest BCUT2D eigenvalue weighted by Crippen LogP contribution is 2.30. The van der Waals surface area contributed by atoms with E-state index < -0.39 is 5.97 Å². The van der Waals surface area contributed by atoms with Crippen molar-refractivity contribution in [2.24, 2.45) is 0 Å². The van der Waals surface area contributed by atoms with Gasteiger partial charge in [0.1, 0.15) is 11.6 Å². The van der Waals surface area contributed by atoms with Crippen LogP contribution in [0, 0.1) is 6.92 Å². The van der Waals surface area contributed by atoms with Crippen molar-refractivity contribution in [1.82, 2.24) is 15.0 Å². The molecule has 0 aliphatic carbocycles. The van der Waals surface area contributed by atoms with Crippen LogP contribution in [0.3, 0.4) is 0 Å². The fourth-order valence-electron chi connectivity index (χ4n) is 2.91. The highest BCUT2D eigenvalue weighted by atomic mass is 35.5. The van der Waals surface area contributed by atoms with Crippen LogP contribution in [-0.2, 0) is 4.79 Å². The molecule has 3 heterocycles. The highest BCUT2D eigenvalue weighted by Gasteiger charge is 2.10. The topological polar surface area (TPSA) is 91.2 Å². The normalized spacial score (nSPS) is 10.7. The molecule has 32 heavy (non-hydrogen) atoms. The summed E-state index contributed by atoms with van der Waals surface area (Å²) in [5, 5.41) is 12.9. The molecule has 0 aromatic carbocycles. The summed E-state index contributed by atoms with van der Waals surface area (Å²) >= 11 is 1.58. The first-order chi connectivity index (χ1) is 14.4. The molecule has 2 N–H and O–H groups in total. The van der Waals surface area contributed by atoms with Crippen molar-refractivity contribution in [3.63, 3.8) is 0 Å². The van der Waals surface area contributed by atoms with Gasteiger partial charge in [0.2, 0.25) is 0 Å². The molecule has 0 unspecified atom stereocenters. The maximum absolute atomic E-state index is 10.7. The van der Waals surface area contributed by atoms with Crippen LogP contribution < -0.4 is 10.2 Å². The molecule has 10 heteroatoms. The van der Waals surface area contributed by atoms with Crippen molar-refractivity contribution in [2.45, 2.75) is 26.7 Å². The summed E-state index contributed by atoms with van der Waals surface area (Å²) in [4.78, 5) is 27.3. The Bertz CT molecular complexity index is 1060. The molecule has 0 aliphatic heterocycles. The Kier molecular flexibility index (Phi) is 11.1. The van der Waals surface area contributed by atoms with E-state index in [4.69, 9.17) is 10.1 Å². The van der Waals surface area contributed by atoms with Gasteiger partial charge in [-0.15, -0.1) is 24.8 Å². The standard InChI is InChI=1S/C22H25N5O2S.2ClH/c1-15(13-21(28)29)6-5-11-27(3)22-24-14-18(30-22)17-7-4-8-19(25-17)26-20-12-16(2)9-10-23-20;;/h4,7-10,12-14H,5-6,11H2,1-3H3,(H,28,29)(H,23,25,26);2*1H/b15-13+;;. The summed E-state index contributed by atoms with van der Waals surface area (Å²) in [6.45, 7) is 4.66. The predicted molar refractivity (Wildman–Crippen MR) is 136 cm³/mol. The number of anilines is 3. The van der Waals surface area contributed by atoms with E-state index in [1.807, 2.05) is 57.4 Å². The molecule has 3 aromatic heterocycles. The van der Waals surface area contributed by atoms with Crippen LogP contribution in [0.4, 0.5) is 16.8 Å². The third-order valence-corrected chi connectivity index (χ3v) is 5.56. The number of aryl methyl sites for hydroxylation is 1. The van der Waals surface area contributed by atoms with Gasteiger partial charge in [0.25, 0.3) is 0 Å². The first kappa shape index (κ1) is 27.4. The number of pyridine rings is 2. The zero-order valence-corrected chi connectivity index (χ0v) is 20.6. The Balaban J connectivity index is 0.00000256. The second-order valence-corrected chi connectivity index (χ2v) is 8.12. The predicted octanol–water partition coefficient (Wildman–Crippen LogP) is 5.74. The Morgan fingerprint density at radius 3 is 2.72 bits per heavy atom. The Morgan fingerprint density at radius 1 is 1.22 bits per heavy atom. The molecule has 0 saturated heterocycles. The van der Waals surface area contributed by atoms with Crippen LogP contribution in [0.25, 0.3) is 10.6 Å². The minimum absolute atomic E-state index is 0. The van der Waals surface area contributed by atoms with E-state index in [0.717, 1.165) is 57.9 Å². The summed E-state index contributed by atoms with van der Waals surface area (Å²) < 4.78 is 0. The third kappa shape index (κ3) is 8.11. The number of rotatable bonds is 9. The number of carboxylic acid groups (broad SMARTS) is 1. The van der Waals surface area contributed by atoms with Gasteiger partial charge in [-0.1, -0.05) is 23.0 Å². The van der Waals surface area contributed by atoms with Crippen molar-refractivity contribution in [1.29, 1.82) is 0 Å².